The van der Waals surface area contributed by atoms with E-state index in [1.807, 2.05) is 42.5 Å². The van der Waals surface area contributed by atoms with E-state index in [1.54, 1.807) is 6.07 Å². The maximum atomic E-state index is 13.4. The largest absolute Gasteiger partial charge is 0.319 e. The SMILES string of the molecule is O=C(Nc1ccccc1[N+](=O)[O-])C(Cc1ccccc1)N1C(=O)C2C3C=CC(C3)C2C1=O. The average molecular weight is 431 g/mol. The molecule has 0 spiro atoms. The van der Waals surface area contributed by atoms with Crippen LogP contribution in [0.15, 0.2) is 66.7 Å². The Hall–Kier alpha value is -3.81. The summed E-state index contributed by atoms with van der Waals surface area (Å²) in [7, 11) is 0. The number of carbonyl (C=O) groups excluding carboxylic acids is 3. The molecule has 162 valence electrons. The minimum atomic E-state index is -1.10. The van der Waals surface area contributed by atoms with Crippen LogP contribution in [-0.4, -0.2) is 33.6 Å². The zero-order chi connectivity index (χ0) is 22.4. The Balaban J connectivity index is 1.48. The molecule has 2 fully saturated rings. The fourth-order valence-electron chi connectivity index (χ4n) is 5.33. The maximum Gasteiger partial charge on any atom is 0.292 e. The van der Waals surface area contributed by atoms with Gasteiger partial charge in [-0.3, -0.25) is 29.4 Å². The number of anilines is 1. The van der Waals surface area contributed by atoms with Gasteiger partial charge < -0.3 is 5.32 Å². The fraction of sp³-hybridized carbons (Fsp3) is 0.292. The lowest BCUT2D eigenvalue weighted by molar-refractivity contribution is -0.383. The summed E-state index contributed by atoms with van der Waals surface area (Å²) in [6.07, 6.45) is 4.93. The van der Waals surface area contributed by atoms with E-state index in [4.69, 9.17) is 0 Å². The molecule has 1 saturated heterocycles. The highest BCUT2D eigenvalue weighted by molar-refractivity contribution is 6.11. The van der Waals surface area contributed by atoms with Crippen LogP contribution in [0.5, 0.6) is 0 Å². The Morgan fingerprint density at radius 3 is 2.22 bits per heavy atom. The van der Waals surface area contributed by atoms with Gasteiger partial charge >= 0.3 is 0 Å². The van der Waals surface area contributed by atoms with Crippen molar-refractivity contribution in [1.82, 2.24) is 4.90 Å². The van der Waals surface area contributed by atoms with Gasteiger partial charge in [-0.2, -0.15) is 0 Å². The molecule has 1 heterocycles. The first-order chi connectivity index (χ1) is 15.5. The molecule has 5 unspecified atom stereocenters. The Bertz CT molecular complexity index is 1120. The first-order valence-corrected chi connectivity index (χ1v) is 10.6. The molecule has 2 aromatic carbocycles. The first-order valence-electron chi connectivity index (χ1n) is 10.6. The lowest BCUT2D eigenvalue weighted by atomic mass is 9.85. The first kappa shape index (κ1) is 20.1. The summed E-state index contributed by atoms with van der Waals surface area (Å²) < 4.78 is 0. The lowest BCUT2D eigenvalue weighted by Gasteiger charge is -2.27. The number of nitro groups is 1. The van der Waals surface area contributed by atoms with E-state index >= 15 is 0 Å². The molecule has 8 nitrogen and oxygen atoms in total. The third-order valence-electron chi connectivity index (χ3n) is 6.75. The molecule has 3 amide bonds. The number of para-hydroxylation sites is 2. The predicted molar refractivity (Wildman–Crippen MR) is 115 cm³/mol. The van der Waals surface area contributed by atoms with Crippen molar-refractivity contribution >= 4 is 29.1 Å². The monoisotopic (exact) mass is 431 g/mol. The molecule has 5 rings (SSSR count). The number of benzene rings is 2. The maximum absolute atomic E-state index is 13.4. The smallest absolute Gasteiger partial charge is 0.292 e. The molecular formula is C24H21N3O5. The second-order valence-corrected chi connectivity index (χ2v) is 8.52. The van der Waals surface area contributed by atoms with E-state index in [1.165, 1.54) is 18.2 Å². The number of hydrogen-bond acceptors (Lipinski definition) is 5. The molecule has 3 aliphatic rings. The molecule has 1 aliphatic heterocycles. The van der Waals surface area contributed by atoms with Crippen molar-refractivity contribution in [1.29, 1.82) is 0 Å². The molecule has 32 heavy (non-hydrogen) atoms. The molecule has 8 heteroatoms. The standard InChI is InChI=1S/C24H21N3O5/c28-22(25-17-8-4-5-9-18(17)27(31)32)19(12-14-6-2-1-3-7-14)26-23(29)20-15-10-11-16(13-15)21(20)24(26)30/h1-11,15-16,19-21H,12-13H2,(H,25,28). The zero-order valence-electron chi connectivity index (χ0n) is 17.1. The van der Waals surface area contributed by atoms with Crippen LogP contribution in [-0.2, 0) is 20.8 Å². The lowest BCUT2D eigenvalue weighted by Crippen LogP contribution is -2.49. The van der Waals surface area contributed by atoms with Gasteiger partial charge in [-0.15, -0.1) is 0 Å². The number of allylic oxidation sites excluding steroid dienone is 2. The molecule has 2 aliphatic carbocycles. The van der Waals surface area contributed by atoms with E-state index in [0.29, 0.717) is 0 Å². The molecule has 2 bridgehead atoms. The van der Waals surface area contributed by atoms with Crippen LogP contribution in [0.2, 0.25) is 0 Å². The van der Waals surface area contributed by atoms with E-state index < -0.39 is 28.7 Å². The summed E-state index contributed by atoms with van der Waals surface area (Å²) >= 11 is 0. The van der Waals surface area contributed by atoms with Crippen LogP contribution in [0.1, 0.15) is 12.0 Å². The summed E-state index contributed by atoms with van der Waals surface area (Å²) in [5.41, 5.74) is 0.563. The van der Waals surface area contributed by atoms with Gasteiger partial charge in [-0.1, -0.05) is 54.6 Å². The average Bonchev–Trinajstić information content (AvgIpc) is 3.47. The van der Waals surface area contributed by atoms with Crippen LogP contribution in [0.4, 0.5) is 11.4 Å². The number of likely N-dealkylation sites (tertiary alicyclic amines) is 1. The van der Waals surface area contributed by atoms with Crippen LogP contribution < -0.4 is 5.32 Å². The van der Waals surface area contributed by atoms with E-state index in [2.05, 4.69) is 5.32 Å². The minimum absolute atomic E-state index is 0.0292. The number of carbonyl (C=O) groups is 3. The molecule has 1 N–H and O–H groups in total. The van der Waals surface area contributed by atoms with Crippen molar-refractivity contribution in [3.63, 3.8) is 0 Å². The Morgan fingerprint density at radius 1 is 1.00 bits per heavy atom. The van der Waals surface area contributed by atoms with Gasteiger partial charge in [0.15, 0.2) is 0 Å². The Morgan fingerprint density at radius 2 is 1.59 bits per heavy atom. The van der Waals surface area contributed by atoms with E-state index in [0.717, 1.165) is 16.9 Å². The molecule has 1 saturated carbocycles. The Kier molecular flexibility index (Phi) is 4.84. The number of nitrogens with zero attached hydrogens (tertiary/aromatic N) is 2. The van der Waals surface area contributed by atoms with Gasteiger partial charge in [0.2, 0.25) is 17.7 Å². The summed E-state index contributed by atoms with van der Waals surface area (Å²) in [6.45, 7) is 0. The summed E-state index contributed by atoms with van der Waals surface area (Å²) in [5.74, 6) is -2.05. The highest BCUT2D eigenvalue weighted by Crippen LogP contribution is 2.53. The van der Waals surface area contributed by atoms with Gasteiger partial charge in [0.1, 0.15) is 11.7 Å². The number of imide groups is 1. The minimum Gasteiger partial charge on any atom is -0.319 e. The number of nitro benzene ring substituents is 1. The van der Waals surface area contributed by atoms with Crippen molar-refractivity contribution in [2.24, 2.45) is 23.7 Å². The van der Waals surface area contributed by atoms with Gasteiger partial charge in [0.05, 0.1) is 16.8 Å². The number of nitrogens with one attached hydrogen (secondary N) is 1. The second-order valence-electron chi connectivity index (χ2n) is 8.52. The number of hydrogen-bond donors (Lipinski definition) is 1. The van der Waals surface area contributed by atoms with Crippen molar-refractivity contribution in [2.45, 2.75) is 18.9 Å². The van der Waals surface area contributed by atoms with Gasteiger partial charge in [-0.25, -0.2) is 0 Å². The highest BCUT2D eigenvalue weighted by Gasteiger charge is 2.61. The third-order valence-corrected chi connectivity index (χ3v) is 6.75. The predicted octanol–water partition coefficient (Wildman–Crippen LogP) is 2.95. The number of rotatable bonds is 6. The molecular weight excluding hydrogens is 410 g/mol. The van der Waals surface area contributed by atoms with Crippen molar-refractivity contribution in [2.75, 3.05) is 5.32 Å². The second kappa shape index (κ2) is 7.71. The van der Waals surface area contributed by atoms with Gasteiger partial charge in [-0.05, 0) is 29.9 Å². The van der Waals surface area contributed by atoms with Crippen LogP contribution in [0.3, 0.4) is 0 Å². The topological polar surface area (TPSA) is 110 Å². The number of amides is 3. The summed E-state index contributed by atoms with van der Waals surface area (Å²) in [4.78, 5) is 51.9. The molecule has 0 aromatic heterocycles. The van der Waals surface area contributed by atoms with Crippen molar-refractivity contribution < 1.29 is 19.3 Å². The van der Waals surface area contributed by atoms with Crippen LogP contribution >= 0.6 is 0 Å². The summed E-state index contributed by atoms with van der Waals surface area (Å²) in [5, 5.41) is 14.0. The van der Waals surface area contributed by atoms with E-state index in [-0.39, 0.29) is 41.4 Å². The highest BCUT2D eigenvalue weighted by atomic mass is 16.6. The molecule has 5 atom stereocenters. The summed E-state index contributed by atoms with van der Waals surface area (Å²) in [6, 6.07) is 13.8. The van der Waals surface area contributed by atoms with Crippen LogP contribution in [0, 0.1) is 33.8 Å². The zero-order valence-corrected chi connectivity index (χ0v) is 17.1. The normalized spacial score (nSPS) is 26.3. The number of fused-ring (bicyclic) bond motifs is 5. The quantitative estimate of drug-likeness (QED) is 0.327. The Labute approximate surface area is 184 Å². The molecule has 2 aromatic rings. The van der Waals surface area contributed by atoms with Gasteiger partial charge in [0.25, 0.3) is 5.69 Å². The van der Waals surface area contributed by atoms with E-state index in [9.17, 15) is 24.5 Å². The fourth-order valence-corrected chi connectivity index (χ4v) is 5.33. The van der Waals surface area contributed by atoms with Gasteiger partial charge in [0, 0.05) is 12.5 Å². The van der Waals surface area contributed by atoms with Crippen molar-refractivity contribution in [3.8, 4) is 0 Å². The third kappa shape index (κ3) is 3.19. The van der Waals surface area contributed by atoms with Crippen molar-refractivity contribution in [3.05, 3.63) is 82.4 Å². The molecule has 0 radical (unpaired) electrons. The van der Waals surface area contributed by atoms with Crippen LogP contribution in [0.25, 0.3) is 0 Å².